The van der Waals surface area contributed by atoms with Crippen molar-refractivity contribution in [1.82, 2.24) is 10.6 Å². The van der Waals surface area contributed by atoms with Gasteiger partial charge in [0.25, 0.3) is 0 Å². The first-order valence-electron chi connectivity index (χ1n) is 9.84. The summed E-state index contributed by atoms with van der Waals surface area (Å²) in [4.78, 5) is 0. The zero-order valence-corrected chi connectivity index (χ0v) is 16.1. The molecule has 0 radical (unpaired) electrons. The lowest BCUT2D eigenvalue weighted by Crippen LogP contribution is -2.41. The fraction of sp³-hybridized carbons (Fsp3) is 0.667. The second-order valence-corrected chi connectivity index (χ2v) is 7.68. The van der Waals surface area contributed by atoms with Crippen LogP contribution in [-0.2, 0) is 6.54 Å². The summed E-state index contributed by atoms with van der Waals surface area (Å²) >= 11 is 5.52. The van der Waals surface area contributed by atoms with Crippen LogP contribution in [0.1, 0.15) is 81.8 Å². The molecule has 1 fully saturated rings. The minimum Gasteiger partial charge on any atom is -0.360 e. The van der Waals surface area contributed by atoms with Crippen molar-refractivity contribution in [3.63, 3.8) is 0 Å². The predicted octanol–water partition coefficient (Wildman–Crippen LogP) is 5.63. The first-order valence-corrected chi connectivity index (χ1v) is 10.2. The maximum absolute atomic E-state index is 5.52. The van der Waals surface area contributed by atoms with Crippen LogP contribution in [0.15, 0.2) is 24.3 Å². The predicted molar refractivity (Wildman–Crippen MR) is 108 cm³/mol. The Morgan fingerprint density at radius 3 is 1.92 bits per heavy atom. The fourth-order valence-corrected chi connectivity index (χ4v) is 3.67. The molecule has 1 aliphatic rings. The van der Waals surface area contributed by atoms with E-state index in [0.29, 0.717) is 6.04 Å². The maximum Gasteiger partial charge on any atom is 0.166 e. The summed E-state index contributed by atoms with van der Waals surface area (Å²) in [6.07, 6.45) is 15.0. The van der Waals surface area contributed by atoms with Crippen molar-refractivity contribution in [1.29, 1.82) is 0 Å². The van der Waals surface area contributed by atoms with Gasteiger partial charge in [-0.05, 0) is 37.5 Å². The van der Waals surface area contributed by atoms with Gasteiger partial charge in [-0.3, -0.25) is 0 Å². The lowest BCUT2D eigenvalue weighted by atomic mass is 9.98. The molecule has 134 valence electrons. The molecule has 0 bridgehead atoms. The van der Waals surface area contributed by atoms with Gasteiger partial charge in [0, 0.05) is 12.6 Å². The van der Waals surface area contributed by atoms with Gasteiger partial charge in [0.1, 0.15) is 0 Å². The van der Waals surface area contributed by atoms with Crippen LogP contribution in [0, 0.1) is 6.92 Å². The van der Waals surface area contributed by atoms with E-state index in [1.54, 1.807) is 0 Å². The monoisotopic (exact) mass is 346 g/mol. The van der Waals surface area contributed by atoms with Gasteiger partial charge >= 0.3 is 0 Å². The molecule has 2 rings (SSSR count). The maximum atomic E-state index is 5.52. The van der Waals surface area contributed by atoms with Crippen LogP contribution >= 0.6 is 12.2 Å². The smallest absolute Gasteiger partial charge is 0.166 e. The zero-order chi connectivity index (χ0) is 17.0. The molecule has 0 amide bonds. The van der Waals surface area contributed by atoms with Gasteiger partial charge in [-0.1, -0.05) is 87.6 Å². The average molecular weight is 347 g/mol. The lowest BCUT2D eigenvalue weighted by Gasteiger charge is -2.21. The first-order chi connectivity index (χ1) is 11.7. The molecule has 3 heteroatoms. The number of aryl methyl sites for hydroxylation is 1. The van der Waals surface area contributed by atoms with Crippen molar-refractivity contribution in [2.45, 2.75) is 90.1 Å². The van der Waals surface area contributed by atoms with Crippen molar-refractivity contribution in [3.8, 4) is 0 Å². The summed E-state index contributed by atoms with van der Waals surface area (Å²) in [5.74, 6) is 0. The number of benzene rings is 1. The molecule has 2 nitrogen and oxygen atoms in total. The van der Waals surface area contributed by atoms with E-state index in [1.807, 2.05) is 0 Å². The third-order valence-electron chi connectivity index (χ3n) is 5.01. The van der Waals surface area contributed by atoms with E-state index < -0.39 is 0 Å². The highest BCUT2D eigenvalue weighted by Crippen LogP contribution is 2.17. The highest BCUT2D eigenvalue weighted by Gasteiger charge is 2.10. The highest BCUT2D eigenvalue weighted by atomic mass is 32.1. The second kappa shape index (κ2) is 11.5. The standard InChI is InChI=1S/C21H34N2S/c1-18-13-15-19(16-14-18)17-22-21(24)23-20-11-9-7-5-3-2-4-6-8-10-12-20/h13-16,20H,2-12,17H2,1H3,(H2,22,23,24). The van der Waals surface area contributed by atoms with Crippen LogP contribution in [0.5, 0.6) is 0 Å². The number of hydrogen-bond acceptors (Lipinski definition) is 1. The number of rotatable bonds is 3. The van der Waals surface area contributed by atoms with Gasteiger partial charge in [-0.15, -0.1) is 0 Å². The Morgan fingerprint density at radius 2 is 1.38 bits per heavy atom. The van der Waals surface area contributed by atoms with Gasteiger partial charge in [0.05, 0.1) is 0 Å². The van der Waals surface area contributed by atoms with Gasteiger partial charge < -0.3 is 10.6 Å². The Morgan fingerprint density at radius 1 is 0.875 bits per heavy atom. The van der Waals surface area contributed by atoms with E-state index in [-0.39, 0.29) is 0 Å². The Bertz CT molecular complexity index is 457. The summed E-state index contributed by atoms with van der Waals surface area (Å²) in [6, 6.07) is 9.19. The van der Waals surface area contributed by atoms with Crippen LogP contribution in [-0.4, -0.2) is 11.2 Å². The van der Waals surface area contributed by atoms with Gasteiger partial charge in [-0.25, -0.2) is 0 Å². The summed E-state index contributed by atoms with van der Waals surface area (Å²) in [5.41, 5.74) is 2.58. The molecular formula is C21H34N2S. The second-order valence-electron chi connectivity index (χ2n) is 7.27. The summed E-state index contributed by atoms with van der Waals surface area (Å²) < 4.78 is 0. The molecule has 0 spiro atoms. The van der Waals surface area contributed by atoms with Crippen LogP contribution in [0.3, 0.4) is 0 Å². The molecule has 2 N–H and O–H groups in total. The minimum atomic E-state index is 0.544. The van der Waals surface area contributed by atoms with E-state index in [2.05, 4.69) is 41.8 Å². The molecule has 1 aromatic carbocycles. The fourth-order valence-electron chi connectivity index (χ4n) is 3.43. The van der Waals surface area contributed by atoms with Crippen molar-refractivity contribution in [2.24, 2.45) is 0 Å². The van der Waals surface area contributed by atoms with Crippen molar-refractivity contribution >= 4 is 17.3 Å². The Kier molecular flexibility index (Phi) is 9.19. The molecule has 0 unspecified atom stereocenters. The molecule has 0 saturated heterocycles. The number of hydrogen-bond donors (Lipinski definition) is 2. The summed E-state index contributed by atoms with van der Waals surface area (Å²) in [7, 11) is 0. The normalized spacial score (nSPS) is 18.2. The largest absolute Gasteiger partial charge is 0.360 e. The van der Waals surface area contributed by atoms with Crippen LogP contribution in [0.4, 0.5) is 0 Å². The van der Waals surface area contributed by atoms with Crippen LogP contribution in [0.2, 0.25) is 0 Å². The quantitative estimate of drug-likeness (QED) is 0.693. The molecular weight excluding hydrogens is 312 g/mol. The molecule has 1 aromatic rings. The molecule has 0 aromatic heterocycles. The number of nitrogens with one attached hydrogen (secondary N) is 2. The molecule has 0 aliphatic heterocycles. The Hall–Kier alpha value is -1.09. The zero-order valence-electron chi connectivity index (χ0n) is 15.3. The average Bonchev–Trinajstić information content (AvgIpc) is 2.57. The highest BCUT2D eigenvalue weighted by molar-refractivity contribution is 7.80. The van der Waals surface area contributed by atoms with Crippen molar-refractivity contribution in [3.05, 3.63) is 35.4 Å². The Labute approximate surface area is 153 Å². The molecule has 24 heavy (non-hydrogen) atoms. The minimum absolute atomic E-state index is 0.544. The van der Waals surface area contributed by atoms with E-state index in [0.717, 1.165) is 11.7 Å². The molecule has 0 atom stereocenters. The molecule has 1 aliphatic carbocycles. The van der Waals surface area contributed by atoms with Crippen molar-refractivity contribution in [2.75, 3.05) is 0 Å². The third kappa shape index (κ3) is 8.14. The van der Waals surface area contributed by atoms with Gasteiger partial charge in [0.15, 0.2) is 5.11 Å². The van der Waals surface area contributed by atoms with Gasteiger partial charge in [-0.2, -0.15) is 0 Å². The molecule has 0 heterocycles. The van der Waals surface area contributed by atoms with Gasteiger partial charge in [0.2, 0.25) is 0 Å². The summed E-state index contributed by atoms with van der Waals surface area (Å²) in [5, 5.41) is 7.76. The SMILES string of the molecule is Cc1ccc(CNC(=S)NC2CCCCCCCCCCC2)cc1. The number of thiocarbonyl (C=S) groups is 1. The van der Waals surface area contributed by atoms with E-state index in [9.17, 15) is 0 Å². The lowest BCUT2D eigenvalue weighted by molar-refractivity contribution is 0.441. The Balaban J connectivity index is 1.73. The summed E-state index contributed by atoms with van der Waals surface area (Å²) in [6.45, 7) is 2.92. The van der Waals surface area contributed by atoms with E-state index in [1.165, 1.54) is 81.8 Å². The van der Waals surface area contributed by atoms with Crippen molar-refractivity contribution < 1.29 is 0 Å². The third-order valence-corrected chi connectivity index (χ3v) is 5.28. The molecule has 1 saturated carbocycles. The van der Waals surface area contributed by atoms with Crippen LogP contribution in [0.25, 0.3) is 0 Å². The first kappa shape index (κ1) is 19.2. The van der Waals surface area contributed by atoms with Crippen LogP contribution < -0.4 is 10.6 Å². The van der Waals surface area contributed by atoms with E-state index >= 15 is 0 Å². The van der Waals surface area contributed by atoms with E-state index in [4.69, 9.17) is 12.2 Å². The topological polar surface area (TPSA) is 24.1 Å².